The lowest BCUT2D eigenvalue weighted by molar-refractivity contribution is -0.123. The van der Waals surface area contributed by atoms with Gasteiger partial charge in [0, 0.05) is 13.1 Å². The van der Waals surface area contributed by atoms with Gasteiger partial charge in [-0.25, -0.2) is 0 Å². The van der Waals surface area contributed by atoms with Gasteiger partial charge in [-0.3, -0.25) is 4.79 Å². The second-order valence-electron chi connectivity index (χ2n) is 6.19. The van der Waals surface area contributed by atoms with Crippen molar-refractivity contribution in [3.05, 3.63) is 58.1 Å². The molecule has 0 radical (unpaired) electrons. The van der Waals surface area contributed by atoms with Crippen molar-refractivity contribution in [2.24, 2.45) is 0 Å². The van der Waals surface area contributed by atoms with Crippen LogP contribution in [-0.2, 0) is 17.9 Å². The number of benzene rings is 2. The lowest BCUT2D eigenvalue weighted by Gasteiger charge is -2.15. The molecule has 154 valence electrons. The number of carbonyl (C=O) groups is 1. The number of rotatable bonds is 11. The predicted molar refractivity (Wildman–Crippen MR) is 118 cm³/mol. The van der Waals surface area contributed by atoms with Gasteiger partial charge in [-0.2, -0.15) is 0 Å². The second-order valence-corrected chi connectivity index (χ2v) is 7.04. The van der Waals surface area contributed by atoms with Crippen molar-refractivity contribution in [1.29, 1.82) is 0 Å². The number of hydrogen-bond acceptors (Lipinski definition) is 4. The van der Waals surface area contributed by atoms with E-state index in [1.807, 2.05) is 42.5 Å². The molecule has 0 fully saturated rings. The van der Waals surface area contributed by atoms with Crippen LogP contribution in [0.4, 0.5) is 0 Å². The summed E-state index contributed by atoms with van der Waals surface area (Å²) in [5.41, 5.74) is 2.14. The Labute approximate surface area is 181 Å². The molecule has 5 nitrogen and oxygen atoms in total. The van der Waals surface area contributed by atoms with Crippen LogP contribution in [0.15, 0.2) is 46.9 Å². The topological polar surface area (TPSA) is 59.6 Å². The molecule has 28 heavy (non-hydrogen) atoms. The number of amides is 1. The molecular formula is C21H28BrClN2O3. The number of ether oxygens (including phenoxy) is 2. The normalized spacial score (nSPS) is 10.1. The Balaban J connectivity index is 0.00000392. The first-order valence-electron chi connectivity index (χ1n) is 9.14. The van der Waals surface area contributed by atoms with Crippen molar-refractivity contribution >= 4 is 34.2 Å². The first kappa shape index (κ1) is 24.3. The monoisotopic (exact) mass is 470 g/mol. The van der Waals surface area contributed by atoms with Crippen molar-refractivity contribution in [3.8, 4) is 11.5 Å². The molecule has 0 aromatic heterocycles. The number of unbranched alkanes of at least 4 members (excludes halogenated alkanes) is 1. The molecule has 0 spiro atoms. The van der Waals surface area contributed by atoms with Crippen LogP contribution < -0.4 is 20.1 Å². The molecular weight excluding hydrogens is 444 g/mol. The summed E-state index contributed by atoms with van der Waals surface area (Å²) in [6.07, 6.45) is 2.32. The summed E-state index contributed by atoms with van der Waals surface area (Å²) in [5.74, 6) is 0.954. The van der Waals surface area contributed by atoms with Crippen molar-refractivity contribution in [1.82, 2.24) is 10.6 Å². The van der Waals surface area contributed by atoms with E-state index < -0.39 is 0 Å². The Morgan fingerprint density at radius 2 is 1.86 bits per heavy atom. The van der Waals surface area contributed by atoms with E-state index in [0.717, 1.165) is 35.1 Å². The van der Waals surface area contributed by atoms with Crippen LogP contribution in [0.3, 0.4) is 0 Å². The fourth-order valence-corrected chi connectivity index (χ4v) is 3.14. The van der Waals surface area contributed by atoms with Gasteiger partial charge in [-0.1, -0.05) is 43.7 Å². The summed E-state index contributed by atoms with van der Waals surface area (Å²) in [6, 6.07) is 13.7. The number of carbonyl (C=O) groups excluding carboxylic acids is 1. The Morgan fingerprint density at radius 1 is 1.11 bits per heavy atom. The van der Waals surface area contributed by atoms with Crippen molar-refractivity contribution in [2.75, 3.05) is 20.3 Å². The van der Waals surface area contributed by atoms with Crippen LogP contribution in [0.25, 0.3) is 0 Å². The SMILES string of the molecule is CCCCNCc1cc(Br)c(OCC(=O)NCc2ccccc2)c(OC)c1.Cl. The molecule has 0 aliphatic carbocycles. The van der Waals surface area contributed by atoms with Gasteiger partial charge in [0.05, 0.1) is 11.6 Å². The van der Waals surface area contributed by atoms with Gasteiger partial charge < -0.3 is 20.1 Å². The molecule has 7 heteroatoms. The van der Waals surface area contributed by atoms with Gasteiger partial charge in [0.2, 0.25) is 0 Å². The minimum Gasteiger partial charge on any atom is -0.493 e. The maximum absolute atomic E-state index is 12.1. The zero-order valence-electron chi connectivity index (χ0n) is 16.3. The lowest BCUT2D eigenvalue weighted by Crippen LogP contribution is -2.28. The maximum Gasteiger partial charge on any atom is 0.258 e. The molecule has 0 heterocycles. The predicted octanol–water partition coefficient (Wildman–Crippen LogP) is 4.46. The van der Waals surface area contributed by atoms with Crippen LogP contribution in [0.5, 0.6) is 11.5 Å². The standard InChI is InChI=1S/C21H27BrN2O3.ClH/c1-3-4-10-23-13-17-11-18(22)21(19(12-17)26-2)27-15-20(25)24-14-16-8-6-5-7-9-16;/h5-9,11-12,23H,3-4,10,13-15H2,1-2H3,(H,24,25);1H. The third-order valence-electron chi connectivity index (χ3n) is 4.01. The zero-order chi connectivity index (χ0) is 19.5. The third kappa shape index (κ3) is 8.09. The van der Waals surface area contributed by atoms with Crippen molar-refractivity contribution < 1.29 is 14.3 Å². The minimum absolute atomic E-state index is 0. The summed E-state index contributed by atoms with van der Waals surface area (Å²) >= 11 is 3.52. The third-order valence-corrected chi connectivity index (χ3v) is 4.59. The van der Waals surface area contributed by atoms with E-state index >= 15 is 0 Å². The highest BCUT2D eigenvalue weighted by atomic mass is 79.9. The Bertz CT molecular complexity index is 729. The first-order chi connectivity index (χ1) is 13.1. The van der Waals surface area contributed by atoms with Gasteiger partial charge in [-0.05, 0) is 52.2 Å². The number of methoxy groups -OCH3 is 1. The average molecular weight is 472 g/mol. The fraction of sp³-hybridized carbons (Fsp3) is 0.381. The van der Waals surface area contributed by atoms with E-state index in [1.54, 1.807) is 7.11 Å². The summed E-state index contributed by atoms with van der Waals surface area (Å²) < 4.78 is 11.9. The molecule has 0 aliphatic heterocycles. The molecule has 1 amide bonds. The molecule has 2 aromatic carbocycles. The molecule has 0 unspecified atom stereocenters. The quantitative estimate of drug-likeness (QED) is 0.475. The number of hydrogen-bond donors (Lipinski definition) is 2. The highest BCUT2D eigenvalue weighted by Gasteiger charge is 2.13. The summed E-state index contributed by atoms with van der Waals surface area (Å²) in [4.78, 5) is 12.1. The molecule has 2 rings (SSSR count). The first-order valence-corrected chi connectivity index (χ1v) is 9.94. The molecule has 0 saturated carbocycles. The smallest absolute Gasteiger partial charge is 0.258 e. The van der Waals surface area contributed by atoms with Crippen LogP contribution in [-0.4, -0.2) is 26.2 Å². The van der Waals surface area contributed by atoms with E-state index in [9.17, 15) is 4.79 Å². The number of halogens is 2. The Morgan fingerprint density at radius 3 is 2.54 bits per heavy atom. The molecule has 0 atom stereocenters. The lowest BCUT2D eigenvalue weighted by atomic mass is 10.2. The molecule has 0 aliphatic rings. The molecule has 0 bridgehead atoms. The van der Waals surface area contributed by atoms with Crippen molar-refractivity contribution in [2.45, 2.75) is 32.9 Å². The van der Waals surface area contributed by atoms with Gasteiger partial charge in [0.25, 0.3) is 5.91 Å². The molecule has 2 aromatic rings. The van der Waals surface area contributed by atoms with E-state index in [-0.39, 0.29) is 24.9 Å². The average Bonchev–Trinajstić information content (AvgIpc) is 2.69. The van der Waals surface area contributed by atoms with Gasteiger partial charge in [0.1, 0.15) is 0 Å². The second kappa shape index (κ2) is 13.4. The van der Waals surface area contributed by atoms with Gasteiger partial charge in [-0.15, -0.1) is 12.4 Å². The zero-order valence-corrected chi connectivity index (χ0v) is 18.7. The Kier molecular flexibility index (Phi) is 11.6. The van der Waals surface area contributed by atoms with E-state index in [2.05, 4.69) is 33.5 Å². The van der Waals surface area contributed by atoms with Crippen LogP contribution in [0, 0.1) is 0 Å². The summed E-state index contributed by atoms with van der Waals surface area (Å²) in [7, 11) is 1.60. The fourth-order valence-electron chi connectivity index (χ4n) is 2.54. The van der Waals surface area contributed by atoms with E-state index in [1.165, 1.54) is 6.42 Å². The largest absolute Gasteiger partial charge is 0.493 e. The number of nitrogens with one attached hydrogen (secondary N) is 2. The summed E-state index contributed by atoms with van der Waals surface area (Å²) in [6.45, 7) is 4.31. The van der Waals surface area contributed by atoms with E-state index in [0.29, 0.717) is 18.0 Å². The van der Waals surface area contributed by atoms with E-state index in [4.69, 9.17) is 9.47 Å². The molecule has 0 saturated heterocycles. The van der Waals surface area contributed by atoms with Crippen molar-refractivity contribution in [3.63, 3.8) is 0 Å². The molecule has 2 N–H and O–H groups in total. The van der Waals surface area contributed by atoms with Crippen LogP contribution in [0.1, 0.15) is 30.9 Å². The van der Waals surface area contributed by atoms with Gasteiger partial charge >= 0.3 is 0 Å². The van der Waals surface area contributed by atoms with Crippen LogP contribution in [0.2, 0.25) is 0 Å². The highest BCUT2D eigenvalue weighted by Crippen LogP contribution is 2.36. The van der Waals surface area contributed by atoms with Crippen LogP contribution >= 0.6 is 28.3 Å². The summed E-state index contributed by atoms with van der Waals surface area (Å²) in [5, 5.41) is 6.25. The minimum atomic E-state index is -0.182. The highest BCUT2D eigenvalue weighted by molar-refractivity contribution is 9.10. The van der Waals surface area contributed by atoms with Gasteiger partial charge in [0.15, 0.2) is 18.1 Å². The Hall–Kier alpha value is -1.76. The maximum atomic E-state index is 12.1.